The van der Waals surface area contributed by atoms with Gasteiger partial charge in [-0.15, -0.1) is 13.2 Å². The van der Waals surface area contributed by atoms with Crippen LogP contribution in [0.15, 0.2) is 53.4 Å². The number of nitrogens with one attached hydrogen (secondary N) is 1. The van der Waals surface area contributed by atoms with Crippen molar-refractivity contribution in [2.24, 2.45) is 5.14 Å². The summed E-state index contributed by atoms with van der Waals surface area (Å²) >= 11 is 0. The van der Waals surface area contributed by atoms with Crippen molar-refractivity contribution in [1.29, 1.82) is 0 Å². The zero-order chi connectivity index (χ0) is 25.7. The highest BCUT2D eigenvalue weighted by atomic mass is 32.2. The molecule has 0 spiro atoms. The minimum atomic E-state index is -5.82. The Balaban J connectivity index is 2.08. The number of alkyl halides is 9. The van der Waals surface area contributed by atoms with Gasteiger partial charge < -0.3 is 4.74 Å². The molecule has 0 aromatic heterocycles. The van der Waals surface area contributed by atoms with Crippen LogP contribution in [0.5, 0.6) is 5.75 Å². The Bertz CT molecular complexity index is 1110. The maximum atomic E-state index is 13.7. The zero-order valence-electron chi connectivity index (χ0n) is 16.5. The number of primary sulfonamides is 1. The predicted molar refractivity (Wildman–Crippen MR) is 98.8 cm³/mol. The Morgan fingerprint density at radius 2 is 1.38 bits per heavy atom. The fourth-order valence-electron chi connectivity index (χ4n) is 3.43. The predicted octanol–water partition coefficient (Wildman–Crippen LogP) is 4.55. The lowest BCUT2D eigenvalue weighted by Crippen LogP contribution is -2.65. The van der Waals surface area contributed by atoms with E-state index in [2.05, 4.69) is 4.74 Å². The molecule has 1 aliphatic heterocycles. The van der Waals surface area contributed by atoms with Gasteiger partial charge in [-0.1, -0.05) is 12.1 Å². The molecule has 16 heteroatoms. The first-order valence-electron chi connectivity index (χ1n) is 9.03. The van der Waals surface area contributed by atoms with Crippen LogP contribution in [0.25, 0.3) is 0 Å². The van der Waals surface area contributed by atoms with E-state index < -0.39 is 57.4 Å². The minimum absolute atomic E-state index is 0.201. The molecule has 1 fully saturated rings. The molecular formula is C18H14F9N3O3S. The first kappa shape index (κ1) is 25.9. The molecule has 1 heterocycles. The van der Waals surface area contributed by atoms with E-state index in [0.29, 0.717) is 5.01 Å². The molecule has 1 saturated heterocycles. The van der Waals surface area contributed by atoms with E-state index in [1.54, 1.807) is 0 Å². The van der Waals surface area contributed by atoms with Gasteiger partial charge in [-0.25, -0.2) is 19.0 Å². The standard InChI is InChI=1S/C18H14F9N3O3S/c19-16(20,21)15(17(22,23)24)9-14(10-1-5-12(6-2-10)33-18(25,26)27)30(29-15)11-3-7-13(8-4-11)34(28,31)32/h1-8,14,29H,9H2,(H2,28,31,32). The van der Waals surface area contributed by atoms with E-state index in [-0.39, 0.29) is 11.3 Å². The van der Waals surface area contributed by atoms with Crippen LogP contribution >= 0.6 is 0 Å². The highest BCUT2D eigenvalue weighted by Crippen LogP contribution is 2.53. The maximum absolute atomic E-state index is 13.7. The summed E-state index contributed by atoms with van der Waals surface area (Å²) in [6.07, 6.45) is -18.3. The van der Waals surface area contributed by atoms with Gasteiger partial charge in [0.1, 0.15) is 5.75 Å². The highest BCUT2D eigenvalue weighted by Gasteiger charge is 2.75. The SMILES string of the molecule is NS(=O)(=O)c1ccc(N2NC(C(F)(F)F)(C(F)(F)F)CC2c2ccc(OC(F)(F)F)cc2)cc1. The maximum Gasteiger partial charge on any atom is 0.573 e. The lowest BCUT2D eigenvalue weighted by atomic mass is 9.89. The van der Waals surface area contributed by atoms with Crippen molar-refractivity contribution in [2.45, 2.75) is 41.6 Å². The minimum Gasteiger partial charge on any atom is -0.406 e. The molecule has 3 N–H and O–H groups in total. The molecule has 0 aliphatic carbocycles. The van der Waals surface area contributed by atoms with Gasteiger partial charge in [-0.3, -0.25) is 5.01 Å². The number of halogens is 9. The van der Waals surface area contributed by atoms with Crippen molar-refractivity contribution in [2.75, 3.05) is 5.01 Å². The van der Waals surface area contributed by atoms with Gasteiger partial charge in [0.2, 0.25) is 15.6 Å². The van der Waals surface area contributed by atoms with Crippen molar-refractivity contribution in [1.82, 2.24) is 5.43 Å². The molecule has 1 aliphatic rings. The Labute approximate surface area is 186 Å². The molecule has 0 saturated carbocycles. The Morgan fingerprint density at radius 3 is 1.79 bits per heavy atom. The molecule has 0 bridgehead atoms. The molecule has 6 nitrogen and oxygen atoms in total. The van der Waals surface area contributed by atoms with Crippen LogP contribution in [-0.4, -0.2) is 32.7 Å². The number of nitrogens with zero attached hydrogens (tertiary/aromatic N) is 1. The third-order valence-electron chi connectivity index (χ3n) is 5.03. The average Bonchev–Trinajstić information content (AvgIpc) is 3.09. The molecule has 2 aromatic rings. The summed E-state index contributed by atoms with van der Waals surface area (Å²) in [7, 11) is -4.20. The first-order chi connectivity index (χ1) is 15.3. The second-order valence-electron chi connectivity index (χ2n) is 7.26. The first-order valence-corrected chi connectivity index (χ1v) is 10.6. The van der Waals surface area contributed by atoms with Gasteiger partial charge in [-0.2, -0.15) is 26.3 Å². The molecule has 1 atom stereocenters. The second kappa shape index (κ2) is 8.20. The number of benzene rings is 2. The topological polar surface area (TPSA) is 84.7 Å². The van der Waals surface area contributed by atoms with Crippen LogP contribution in [0.4, 0.5) is 45.2 Å². The monoisotopic (exact) mass is 523 g/mol. The number of sulfonamides is 1. The van der Waals surface area contributed by atoms with Gasteiger partial charge in [-0.05, 0) is 42.0 Å². The number of anilines is 1. The molecule has 3 rings (SSSR count). The number of rotatable bonds is 4. The number of hydrogen-bond donors (Lipinski definition) is 2. The van der Waals surface area contributed by atoms with Crippen LogP contribution in [0.2, 0.25) is 0 Å². The largest absolute Gasteiger partial charge is 0.573 e. The summed E-state index contributed by atoms with van der Waals surface area (Å²) in [4.78, 5) is -0.446. The molecule has 2 aromatic carbocycles. The van der Waals surface area contributed by atoms with E-state index in [0.717, 1.165) is 48.5 Å². The molecule has 0 radical (unpaired) electrons. The number of hydrazine groups is 1. The fraction of sp³-hybridized carbons (Fsp3) is 0.333. The van der Waals surface area contributed by atoms with Crippen molar-refractivity contribution >= 4 is 15.7 Å². The van der Waals surface area contributed by atoms with Crippen molar-refractivity contribution < 1.29 is 52.7 Å². The van der Waals surface area contributed by atoms with Crippen LogP contribution in [-0.2, 0) is 10.0 Å². The van der Waals surface area contributed by atoms with E-state index >= 15 is 0 Å². The summed E-state index contributed by atoms with van der Waals surface area (Å²) < 4.78 is 146. The normalized spacial score (nSPS) is 19.4. The number of nitrogens with two attached hydrogens (primary N) is 1. The summed E-state index contributed by atoms with van der Waals surface area (Å²) in [5.74, 6) is -0.732. The summed E-state index contributed by atoms with van der Waals surface area (Å²) in [5, 5.41) is 5.47. The van der Waals surface area contributed by atoms with Gasteiger partial charge in [0.05, 0.1) is 16.6 Å². The Morgan fingerprint density at radius 1 is 0.882 bits per heavy atom. The zero-order valence-corrected chi connectivity index (χ0v) is 17.3. The fourth-order valence-corrected chi connectivity index (χ4v) is 3.94. The van der Waals surface area contributed by atoms with Crippen molar-refractivity contribution in [3.63, 3.8) is 0 Å². The van der Waals surface area contributed by atoms with Crippen LogP contribution < -0.4 is 20.3 Å². The quantitative estimate of drug-likeness (QED) is 0.575. The van der Waals surface area contributed by atoms with Gasteiger partial charge >= 0.3 is 18.7 Å². The lowest BCUT2D eigenvalue weighted by Gasteiger charge is -2.34. The van der Waals surface area contributed by atoms with E-state index in [1.165, 1.54) is 5.43 Å². The number of ether oxygens (including phenoxy) is 1. The lowest BCUT2D eigenvalue weighted by molar-refractivity contribution is -0.303. The average molecular weight is 523 g/mol. The summed E-state index contributed by atoms with van der Waals surface area (Å²) in [5.41, 5.74) is -3.44. The smallest absolute Gasteiger partial charge is 0.406 e. The van der Waals surface area contributed by atoms with E-state index in [4.69, 9.17) is 5.14 Å². The number of hydrogen-bond acceptors (Lipinski definition) is 5. The van der Waals surface area contributed by atoms with Gasteiger partial charge in [0.25, 0.3) is 0 Å². The van der Waals surface area contributed by atoms with Gasteiger partial charge in [0.15, 0.2) is 0 Å². The van der Waals surface area contributed by atoms with Crippen LogP contribution in [0.1, 0.15) is 18.0 Å². The van der Waals surface area contributed by atoms with Crippen molar-refractivity contribution in [3.8, 4) is 5.75 Å². The molecule has 188 valence electrons. The third kappa shape index (κ3) is 5.02. The summed E-state index contributed by atoms with van der Waals surface area (Å²) in [6, 6.07) is 5.22. The molecule has 0 amide bonds. The Kier molecular flexibility index (Phi) is 6.24. The van der Waals surface area contributed by atoms with E-state index in [9.17, 15) is 47.9 Å². The van der Waals surface area contributed by atoms with Crippen molar-refractivity contribution in [3.05, 3.63) is 54.1 Å². The van der Waals surface area contributed by atoms with Gasteiger partial charge in [0, 0.05) is 6.42 Å². The molecule has 34 heavy (non-hydrogen) atoms. The second-order valence-corrected chi connectivity index (χ2v) is 8.82. The molecular weight excluding hydrogens is 509 g/mol. The Hall–Kier alpha value is -2.72. The summed E-state index contributed by atoms with van der Waals surface area (Å²) in [6.45, 7) is 0. The highest BCUT2D eigenvalue weighted by molar-refractivity contribution is 7.89. The van der Waals surface area contributed by atoms with Crippen LogP contribution in [0.3, 0.4) is 0 Å². The third-order valence-corrected chi connectivity index (χ3v) is 5.96. The van der Waals surface area contributed by atoms with E-state index in [1.807, 2.05) is 0 Å². The molecule has 1 unspecified atom stereocenters. The van der Waals surface area contributed by atoms with Crippen LogP contribution in [0, 0.1) is 0 Å².